The van der Waals surface area contributed by atoms with E-state index in [1.165, 1.54) is 6.92 Å². The van der Waals surface area contributed by atoms with Crippen LogP contribution in [-0.2, 0) is 0 Å². The summed E-state index contributed by atoms with van der Waals surface area (Å²) in [5, 5.41) is 0. The van der Waals surface area contributed by atoms with E-state index in [0.717, 1.165) is 21.5 Å². The molecule has 1 heterocycles. The third-order valence-corrected chi connectivity index (χ3v) is 5.13. The lowest BCUT2D eigenvalue weighted by Crippen LogP contribution is -2.38. The molecule has 0 radical (unpaired) electrons. The number of aromatic nitrogens is 1. The van der Waals surface area contributed by atoms with Crippen LogP contribution in [0.15, 0.2) is 28.7 Å². The standard InChI is InChI=1S/C20H25BrN2O3/c1-12-18(15(4)24)13(2)22-19(12)20(25)14(3)23(5)10-11-26-17-8-6-16(21)7-9-17/h6-9,14,22H,10-11H2,1-5H3/t14-/m0/s1. The van der Waals surface area contributed by atoms with Crippen molar-refractivity contribution in [2.24, 2.45) is 0 Å². The Hall–Kier alpha value is -1.92. The smallest absolute Gasteiger partial charge is 0.196 e. The Morgan fingerprint density at radius 2 is 1.85 bits per heavy atom. The summed E-state index contributed by atoms with van der Waals surface area (Å²) in [6.45, 7) is 8.12. The number of nitrogens with zero attached hydrogens (tertiary/aromatic N) is 1. The number of aromatic amines is 1. The minimum Gasteiger partial charge on any atom is -0.492 e. The zero-order chi connectivity index (χ0) is 19.4. The van der Waals surface area contributed by atoms with Gasteiger partial charge in [-0.15, -0.1) is 0 Å². The van der Waals surface area contributed by atoms with Crippen LogP contribution in [0.2, 0.25) is 0 Å². The third-order valence-electron chi connectivity index (χ3n) is 4.60. The molecular formula is C20H25BrN2O3. The Morgan fingerprint density at radius 3 is 2.38 bits per heavy atom. The van der Waals surface area contributed by atoms with Crippen molar-refractivity contribution >= 4 is 27.5 Å². The summed E-state index contributed by atoms with van der Waals surface area (Å²) in [6, 6.07) is 7.32. The lowest BCUT2D eigenvalue weighted by Gasteiger charge is -2.23. The number of Topliss-reactive ketones (excluding diaryl/α,β-unsaturated/α-hetero) is 2. The van der Waals surface area contributed by atoms with E-state index in [2.05, 4.69) is 20.9 Å². The van der Waals surface area contributed by atoms with E-state index in [1.54, 1.807) is 0 Å². The van der Waals surface area contributed by atoms with Gasteiger partial charge in [0.05, 0.1) is 11.7 Å². The highest BCUT2D eigenvalue weighted by Gasteiger charge is 2.25. The first kappa shape index (κ1) is 20.4. The molecule has 0 saturated heterocycles. The predicted octanol–water partition coefficient (Wildman–Crippen LogP) is 4.18. The minimum absolute atomic E-state index is 0.0239. The van der Waals surface area contributed by atoms with Crippen LogP contribution in [0, 0.1) is 13.8 Å². The van der Waals surface area contributed by atoms with E-state index >= 15 is 0 Å². The first-order chi connectivity index (χ1) is 12.2. The van der Waals surface area contributed by atoms with Crippen LogP contribution in [-0.4, -0.2) is 47.7 Å². The molecule has 0 aliphatic rings. The van der Waals surface area contributed by atoms with Crippen molar-refractivity contribution in [3.8, 4) is 5.75 Å². The molecule has 2 aromatic rings. The maximum Gasteiger partial charge on any atom is 0.196 e. The molecule has 0 saturated carbocycles. The molecule has 1 atom stereocenters. The summed E-state index contributed by atoms with van der Waals surface area (Å²) in [5.41, 5.74) is 2.60. The fraction of sp³-hybridized carbons (Fsp3) is 0.400. The molecule has 26 heavy (non-hydrogen) atoms. The number of carbonyl (C=O) groups is 2. The van der Waals surface area contributed by atoms with E-state index in [9.17, 15) is 9.59 Å². The molecule has 5 nitrogen and oxygen atoms in total. The Labute approximate surface area is 162 Å². The highest BCUT2D eigenvalue weighted by Crippen LogP contribution is 2.21. The number of carbonyl (C=O) groups excluding carboxylic acids is 2. The Morgan fingerprint density at radius 1 is 1.23 bits per heavy atom. The number of aryl methyl sites for hydroxylation is 1. The molecule has 0 aliphatic carbocycles. The number of ketones is 2. The van der Waals surface area contributed by atoms with Crippen LogP contribution >= 0.6 is 15.9 Å². The van der Waals surface area contributed by atoms with Gasteiger partial charge in [-0.2, -0.15) is 0 Å². The molecule has 0 amide bonds. The largest absolute Gasteiger partial charge is 0.492 e. The number of benzene rings is 1. The van der Waals surface area contributed by atoms with Gasteiger partial charge < -0.3 is 9.72 Å². The van der Waals surface area contributed by atoms with Gasteiger partial charge in [-0.1, -0.05) is 15.9 Å². The summed E-state index contributed by atoms with van der Waals surface area (Å²) >= 11 is 3.39. The second kappa shape index (κ2) is 8.64. The van der Waals surface area contributed by atoms with E-state index in [4.69, 9.17) is 4.74 Å². The molecule has 0 unspecified atom stereocenters. The molecule has 2 rings (SSSR count). The molecule has 0 spiro atoms. The van der Waals surface area contributed by atoms with Crippen molar-refractivity contribution in [3.05, 3.63) is 51.3 Å². The van der Waals surface area contributed by atoms with Gasteiger partial charge in [0.1, 0.15) is 12.4 Å². The Kier molecular flexibility index (Phi) is 6.78. The van der Waals surface area contributed by atoms with Crippen LogP contribution in [0.1, 0.15) is 46.0 Å². The SMILES string of the molecule is CC(=O)c1c(C)[nH]c(C(=O)[C@H](C)N(C)CCOc2ccc(Br)cc2)c1C. The summed E-state index contributed by atoms with van der Waals surface area (Å²) < 4.78 is 6.72. The fourth-order valence-corrected chi connectivity index (χ4v) is 3.23. The van der Waals surface area contributed by atoms with Crippen molar-refractivity contribution in [1.29, 1.82) is 0 Å². The molecular weight excluding hydrogens is 396 g/mol. The predicted molar refractivity (Wildman–Crippen MR) is 106 cm³/mol. The van der Waals surface area contributed by atoms with E-state index < -0.39 is 0 Å². The van der Waals surface area contributed by atoms with Gasteiger partial charge in [0.15, 0.2) is 11.6 Å². The van der Waals surface area contributed by atoms with Crippen LogP contribution in [0.25, 0.3) is 0 Å². The number of ether oxygens (including phenoxy) is 1. The van der Waals surface area contributed by atoms with E-state index in [-0.39, 0.29) is 17.6 Å². The van der Waals surface area contributed by atoms with Crippen LogP contribution in [0.3, 0.4) is 0 Å². The monoisotopic (exact) mass is 420 g/mol. The molecule has 0 fully saturated rings. The van der Waals surface area contributed by atoms with Crippen molar-refractivity contribution in [1.82, 2.24) is 9.88 Å². The van der Waals surface area contributed by atoms with Crippen molar-refractivity contribution < 1.29 is 14.3 Å². The van der Waals surface area contributed by atoms with E-state index in [1.807, 2.05) is 57.0 Å². The van der Waals surface area contributed by atoms with Crippen LogP contribution < -0.4 is 4.74 Å². The lowest BCUT2D eigenvalue weighted by molar-refractivity contribution is 0.0848. The zero-order valence-electron chi connectivity index (χ0n) is 15.9. The highest BCUT2D eigenvalue weighted by molar-refractivity contribution is 9.10. The topological polar surface area (TPSA) is 62.4 Å². The molecule has 1 aromatic heterocycles. The molecule has 1 aromatic carbocycles. The second-order valence-corrected chi connectivity index (χ2v) is 7.42. The Bertz CT molecular complexity index is 796. The number of rotatable bonds is 8. The van der Waals surface area contributed by atoms with Gasteiger partial charge in [0.2, 0.25) is 0 Å². The molecule has 6 heteroatoms. The summed E-state index contributed by atoms with van der Waals surface area (Å²) in [7, 11) is 1.89. The average molecular weight is 421 g/mol. The lowest BCUT2D eigenvalue weighted by atomic mass is 10.0. The molecule has 0 aliphatic heterocycles. The zero-order valence-corrected chi connectivity index (χ0v) is 17.4. The van der Waals surface area contributed by atoms with Gasteiger partial charge in [-0.25, -0.2) is 0 Å². The van der Waals surface area contributed by atoms with Gasteiger partial charge in [-0.3, -0.25) is 14.5 Å². The maximum absolute atomic E-state index is 12.8. The quantitative estimate of drug-likeness (QED) is 0.650. The van der Waals surface area contributed by atoms with Crippen LogP contribution in [0.5, 0.6) is 5.75 Å². The van der Waals surface area contributed by atoms with Crippen molar-refractivity contribution in [3.63, 3.8) is 0 Å². The second-order valence-electron chi connectivity index (χ2n) is 6.50. The maximum atomic E-state index is 12.8. The number of hydrogen-bond acceptors (Lipinski definition) is 4. The van der Waals surface area contributed by atoms with Gasteiger partial charge in [-0.05, 0) is 64.6 Å². The summed E-state index contributed by atoms with van der Waals surface area (Å²) in [6.07, 6.45) is 0. The number of nitrogens with one attached hydrogen (secondary N) is 1. The first-order valence-corrected chi connectivity index (χ1v) is 9.34. The van der Waals surface area contributed by atoms with Crippen LogP contribution in [0.4, 0.5) is 0 Å². The fourth-order valence-electron chi connectivity index (χ4n) is 2.97. The molecule has 1 N–H and O–H groups in total. The highest BCUT2D eigenvalue weighted by atomic mass is 79.9. The van der Waals surface area contributed by atoms with Crippen molar-refractivity contribution in [2.45, 2.75) is 33.7 Å². The normalized spacial score (nSPS) is 12.3. The first-order valence-electron chi connectivity index (χ1n) is 8.55. The Balaban J connectivity index is 1.98. The molecule has 140 valence electrons. The summed E-state index contributed by atoms with van der Waals surface area (Å²) in [4.78, 5) is 29.6. The average Bonchev–Trinajstić information content (AvgIpc) is 2.89. The van der Waals surface area contributed by atoms with Crippen molar-refractivity contribution in [2.75, 3.05) is 20.2 Å². The number of H-pyrrole nitrogens is 1. The minimum atomic E-state index is -0.319. The van der Waals surface area contributed by atoms with Gasteiger partial charge >= 0.3 is 0 Å². The van der Waals surface area contributed by atoms with E-state index in [0.29, 0.717) is 24.4 Å². The number of halogens is 1. The van der Waals surface area contributed by atoms with Gasteiger partial charge in [0, 0.05) is 22.3 Å². The third kappa shape index (κ3) is 4.62. The summed E-state index contributed by atoms with van der Waals surface area (Å²) in [5.74, 6) is 0.742. The number of hydrogen-bond donors (Lipinski definition) is 1. The molecule has 0 bridgehead atoms. The van der Waals surface area contributed by atoms with Gasteiger partial charge in [0.25, 0.3) is 0 Å². The number of likely N-dealkylation sites (N-methyl/N-ethyl adjacent to an activating group) is 1.